The molecule has 0 bridgehead atoms. The van der Waals surface area contributed by atoms with E-state index in [1.165, 1.54) is 0 Å². The highest BCUT2D eigenvalue weighted by atomic mass is 35.5. The van der Waals surface area contributed by atoms with Crippen LogP contribution in [0.2, 0.25) is 0 Å². The first kappa shape index (κ1) is 12.6. The maximum absolute atomic E-state index is 11.9. The Labute approximate surface area is 93.4 Å². The summed E-state index contributed by atoms with van der Waals surface area (Å²) in [6.45, 7) is 0. The Kier molecular flexibility index (Phi) is 3.64. The van der Waals surface area contributed by atoms with Gasteiger partial charge in [-0.2, -0.15) is 0 Å². The lowest BCUT2D eigenvalue weighted by molar-refractivity contribution is -0.274. The number of aromatic hydroxyl groups is 1. The zero-order chi connectivity index (χ0) is 12.3. The van der Waals surface area contributed by atoms with Crippen LogP contribution in [0.4, 0.5) is 13.2 Å². The summed E-state index contributed by atoms with van der Waals surface area (Å²) in [7, 11) is 0. The number of carbonyl (C=O) groups is 1. The zero-order valence-corrected chi connectivity index (χ0v) is 8.47. The molecule has 0 aliphatic rings. The first-order valence-corrected chi connectivity index (χ1v) is 4.55. The fraction of sp³-hybridized carbons (Fsp3) is 0.222. The Morgan fingerprint density at radius 3 is 2.56 bits per heavy atom. The number of Topliss-reactive ketones (excluding diaryl/α,β-unsaturated/α-hetero) is 1. The van der Waals surface area contributed by atoms with Gasteiger partial charge >= 0.3 is 6.36 Å². The van der Waals surface area contributed by atoms with Crippen LogP contribution in [-0.4, -0.2) is 23.1 Å². The number of benzene rings is 1. The Bertz CT molecular complexity index is 403. The highest BCUT2D eigenvalue weighted by Crippen LogP contribution is 2.28. The summed E-state index contributed by atoms with van der Waals surface area (Å²) in [5, 5.41) is 9.22. The molecule has 0 radical (unpaired) electrons. The Morgan fingerprint density at radius 2 is 2.06 bits per heavy atom. The molecule has 0 saturated carbocycles. The number of rotatable bonds is 3. The number of phenolic OH excluding ortho intramolecular Hbond substituents is 1. The third-order valence-corrected chi connectivity index (χ3v) is 1.87. The molecule has 1 aromatic rings. The average molecular weight is 255 g/mol. The topological polar surface area (TPSA) is 46.5 Å². The van der Waals surface area contributed by atoms with E-state index in [0.29, 0.717) is 0 Å². The van der Waals surface area contributed by atoms with E-state index in [2.05, 4.69) is 4.74 Å². The second-order valence-corrected chi connectivity index (χ2v) is 3.05. The Morgan fingerprint density at radius 1 is 1.44 bits per heavy atom. The van der Waals surface area contributed by atoms with Crippen LogP contribution in [0, 0.1) is 0 Å². The van der Waals surface area contributed by atoms with Gasteiger partial charge in [0.2, 0.25) is 0 Å². The molecule has 0 saturated heterocycles. The normalized spacial score (nSPS) is 11.2. The van der Waals surface area contributed by atoms with Gasteiger partial charge in [0.25, 0.3) is 0 Å². The minimum Gasteiger partial charge on any atom is -0.507 e. The number of carbonyl (C=O) groups excluding carboxylic acids is 1. The van der Waals surface area contributed by atoms with E-state index < -0.39 is 29.5 Å². The van der Waals surface area contributed by atoms with Gasteiger partial charge in [0.1, 0.15) is 11.5 Å². The van der Waals surface area contributed by atoms with Crippen molar-refractivity contribution in [3.63, 3.8) is 0 Å². The SMILES string of the molecule is O=C(CCl)c1cc(OC(F)(F)F)ccc1O. The molecule has 1 N–H and O–H groups in total. The monoisotopic (exact) mass is 254 g/mol. The molecule has 0 unspecified atom stereocenters. The smallest absolute Gasteiger partial charge is 0.507 e. The van der Waals surface area contributed by atoms with Crippen LogP contribution in [0.25, 0.3) is 0 Å². The lowest BCUT2D eigenvalue weighted by atomic mass is 10.1. The maximum atomic E-state index is 11.9. The van der Waals surface area contributed by atoms with Gasteiger partial charge in [-0.05, 0) is 18.2 Å². The number of phenols is 1. The fourth-order valence-electron chi connectivity index (χ4n) is 1.01. The average Bonchev–Trinajstić information content (AvgIpc) is 2.18. The van der Waals surface area contributed by atoms with Crippen LogP contribution in [0.1, 0.15) is 10.4 Å². The second kappa shape index (κ2) is 4.61. The molecule has 0 aliphatic heterocycles. The molecule has 7 heteroatoms. The molecule has 3 nitrogen and oxygen atoms in total. The van der Waals surface area contributed by atoms with Gasteiger partial charge < -0.3 is 9.84 Å². The second-order valence-electron chi connectivity index (χ2n) is 2.78. The van der Waals surface area contributed by atoms with Crippen molar-refractivity contribution >= 4 is 17.4 Å². The molecule has 0 fully saturated rings. The van der Waals surface area contributed by atoms with E-state index in [0.717, 1.165) is 18.2 Å². The van der Waals surface area contributed by atoms with Crippen LogP contribution >= 0.6 is 11.6 Å². The van der Waals surface area contributed by atoms with Crippen LogP contribution in [0.5, 0.6) is 11.5 Å². The third-order valence-electron chi connectivity index (χ3n) is 1.62. The number of hydrogen-bond donors (Lipinski definition) is 1. The van der Waals surface area contributed by atoms with Crippen molar-refractivity contribution in [3.05, 3.63) is 23.8 Å². The molecule has 0 heterocycles. The zero-order valence-electron chi connectivity index (χ0n) is 7.71. The predicted octanol–water partition coefficient (Wildman–Crippen LogP) is 2.71. The van der Waals surface area contributed by atoms with Gasteiger partial charge in [-0.1, -0.05) is 0 Å². The third kappa shape index (κ3) is 3.30. The standard InChI is InChI=1S/C9H6ClF3O3/c10-4-8(15)6-3-5(1-2-7(6)14)16-9(11,12)13/h1-3,14H,4H2. The largest absolute Gasteiger partial charge is 0.573 e. The van der Waals surface area contributed by atoms with Crippen LogP contribution in [0.3, 0.4) is 0 Å². The van der Waals surface area contributed by atoms with Crippen LogP contribution in [-0.2, 0) is 0 Å². The molecule has 1 rings (SSSR count). The van der Waals surface area contributed by atoms with E-state index in [1.54, 1.807) is 0 Å². The van der Waals surface area contributed by atoms with Crippen molar-refractivity contribution in [1.29, 1.82) is 0 Å². The molecule has 0 spiro atoms. The quantitative estimate of drug-likeness (QED) is 0.666. The summed E-state index contributed by atoms with van der Waals surface area (Å²) in [5.41, 5.74) is -0.309. The summed E-state index contributed by atoms with van der Waals surface area (Å²) in [6, 6.07) is 2.61. The van der Waals surface area contributed by atoms with Gasteiger partial charge in [-0.15, -0.1) is 24.8 Å². The number of alkyl halides is 4. The summed E-state index contributed by atoms with van der Waals surface area (Å²) in [5.74, 6) is -2.16. The molecule has 0 aliphatic carbocycles. The van der Waals surface area contributed by atoms with E-state index in [1.807, 2.05) is 0 Å². The number of hydrogen-bond acceptors (Lipinski definition) is 3. The van der Waals surface area contributed by atoms with Crippen molar-refractivity contribution in [2.24, 2.45) is 0 Å². The predicted molar refractivity (Wildman–Crippen MR) is 49.8 cm³/mol. The number of ketones is 1. The molecule has 0 amide bonds. The van der Waals surface area contributed by atoms with Gasteiger partial charge in [0, 0.05) is 0 Å². The molecule has 0 aromatic heterocycles. The lowest BCUT2D eigenvalue weighted by Gasteiger charge is -2.10. The minimum atomic E-state index is -4.85. The van der Waals surface area contributed by atoms with Gasteiger partial charge in [-0.25, -0.2) is 0 Å². The maximum Gasteiger partial charge on any atom is 0.573 e. The van der Waals surface area contributed by atoms with Gasteiger partial charge in [-0.3, -0.25) is 4.79 Å². The summed E-state index contributed by atoms with van der Waals surface area (Å²) < 4.78 is 39.2. The minimum absolute atomic E-state index is 0.309. The first-order valence-electron chi connectivity index (χ1n) is 4.01. The molecular weight excluding hydrogens is 249 g/mol. The summed E-state index contributed by atoms with van der Waals surface area (Å²) >= 11 is 5.22. The van der Waals surface area contributed by atoms with Crippen molar-refractivity contribution < 1.29 is 27.8 Å². The number of ether oxygens (including phenoxy) is 1. The van der Waals surface area contributed by atoms with Crippen molar-refractivity contribution in [1.82, 2.24) is 0 Å². The summed E-state index contributed by atoms with van der Waals surface area (Å²) in [6.07, 6.45) is -4.85. The van der Waals surface area contributed by atoms with Crippen molar-refractivity contribution in [2.45, 2.75) is 6.36 Å². The Balaban J connectivity index is 3.03. The highest BCUT2D eigenvalue weighted by molar-refractivity contribution is 6.30. The van der Waals surface area contributed by atoms with E-state index in [4.69, 9.17) is 11.6 Å². The van der Waals surface area contributed by atoms with Crippen molar-refractivity contribution in [3.8, 4) is 11.5 Å². The molecule has 88 valence electrons. The van der Waals surface area contributed by atoms with Crippen LogP contribution in [0.15, 0.2) is 18.2 Å². The molecule has 16 heavy (non-hydrogen) atoms. The highest BCUT2D eigenvalue weighted by Gasteiger charge is 2.31. The molecular formula is C9H6ClF3O3. The fourth-order valence-corrected chi connectivity index (χ4v) is 1.15. The molecule has 1 aromatic carbocycles. The van der Waals surface area contributed by atoms with Crippen LogP contribution < -0.4 is 4.74 Å². The lowest BCUT2D eigenvalue weighted by Crippen LogP contribution is -2.17. The van der Waals surface area contributed by atoms with Gasteiger partial charge in [0.15, 0.2) is 5.78 Å². The van der Waals surface area contributed by atoms with Gasteiger partial charge in [0.05, 0.1) is 11.4 Å². The van der Waals surface area contributed by atoms with E-state index >= 15 is 0 Å². The molecule has 0 atom stereocenters. The van der Waals surface area contributed by atoms with E-state index in [-0.39, 0.29) is 5.56 Å². The van der Waals surface area contributed by atoms with E-state index in [9.17, 15) is 23.1 Å². The van der Waals surface area contributed by atoms with Crippen molar-refractivity contribution in [2.75, 3.05) is 5.88 Å². The number of halogens is 4. The Hall–Kier alpha value is -1.43. The first-order chi connectivity index (χ1) is 7.33. The summed E-state index contributed by atoms with van der Waals surface area (Å²) in [4.78, 5) is 11.1.